The molecule has 8 nitrogen and oxygen atoms in total. The molecule has 178 valence electrons. The molecule has 4 aromatic heterocycles. The van der Waals surface area contributed by atoms with Crippen molar-refractivity contribution in [1.29, 1.82) is 0 Å². The second-order valence-electron chi connectivity index (χ2n) is 9.88. The number of fused-ring (bicyclic) bond motifs is 8. The summed E-state index contributed by atoms with van der Waals surface area (Å²) >= 11 is 0. The van der Waals surface area contributed by atoms with E-state index >= 15 is 0 Å². The number of aromatic nitrogens is 6. The molecule has 0 unspecified atom stereocenters. The van der Waals surface area contributed by atoms with E-state index in [9.17, 15) is 10.2 Å². The van der Waals surface area contributed by atoms with Gasteiger partial charge in [-0.15, -0.1) is 28.1 Å². The number of para-hydroxylation sites is 4. The van der Waals surface area contributed by atoms with Gasteiger partial charge in [0, 0.05) is 17.0 Å². The Morgan fingerprint density at radius 2 is 0.889 bits per heavy atom. The molecule has 0 amide bonds. The first-order valence-electron chi connectivity index (χ1n) is 12.1. The lowest BCUT2D eigenvalue weighted by Gasteiger charge is -2.19. The van der Waals surface area contributed by atoms with Gasteiger partial charge in [-0.05, 0) is 61.4 Å². The van der Waals surface area contributed by atoms with E-state index in [1.54, 1.807) is 0 Å². The topological polar surface area (TPSA) is 68.0 Å². The van der Waals surface area contributed by atoms with Crippen molar-refractivity contribution in [2.24, 2.45) is 0 Å². The minimum Gasteiger partial charge on any atom is -0.505 e. The lowest BCUT2D eigenvalue weighted by molar-refractivity contribution is 0.453. The molecule has 0 aliphatic carbocycles. The summed E-state index contributed by atoms with van der Waals surface area (Å²) in [6.07, 6.45) is 0. The molecule has 4 aromatic carbocycles. The van der Waals surface area contributed by atoms with Crippen LogP contribution in [0.4, 0.5) is 0 Å². The minimum absolute atomic E-state index is 0.225. The summed E-state index contributed by atoms with van der Waals surface area (Å²) in [4.78, 5) is 3.96. The van der Waals surface area contributed by atoms with Gasteiger partial charge in [0.1, 0.15) is 44.9 Å². The smallest absolute Gasteiger partial charge is 0.146 e. The molecule has 0 aliphatic heterocycles. The first-order chi connectivity index (χ1) is 17.5. The van der Waals surface area contributed by atoms with E-state index < -0.39 is 0 Å². The largest absolute Gasteiger partial charge is 0.505 e. The minimum atomic E-state index is -0.225. The Labute approximate surface area is 205 Å². The zero-order valence-electron chi connectivity index (χ0n) is 20.1. The predicted octanol–water partition coefficient (Wildman–Crippen LogP) is 5.33. The van der Waals surface area contributed by atoms with Crippen LogP contribution in [0.25, 0.3) is 33.4 Å². The van der Waals surface area contributed by atoms with Crippen LogP contribution >= 0.6 is 0 Å². The van der Waals surface area contributed by atoms with Crippen molar-refractivity contribution >= 4 is 22.1 Å². The highest BCUT2D eigenvalue weighted by Crippen LogP contribution is 2.43. The number of phenols is 2. The Bertz CT molecular complexity index is 1840. The molecule has 0 bridgehead atoms. The van der Waals surface area contributed by atoms with Gasteiger partial charge in [-0.25, -0.2) is 0 Å². The van der Waals surface area contributed by atoms with E-state index in [-0.39, 0.29) is 17.4 Å². The van der Waals surface area contributed by atoms with Crippen molar-refractivity contribution in [1.82, 2.24) is 28.1 Å². The average Bonchev–Trinajstić information content (AvgIpc) is 3.73. The molecule has 8 rings (SSSR count). The quantitative estimate of drug-likeness (QED) is 0.360. The second-order valence-corrected chi connectivity index (χ2v) is 9.88. The molecule has 8 heteroatoms. The molecule has 0 atom stereocenters. The molecule has 0 spiro atoms. The molecule has 0 radical (unpaired) electrons. The molecular weight excluding hydrogens is 452 g/mol. The second kappa shape index (κ2) is 6.28. The van der Waals surface area contributed by atoms with E-state index in [4.69, 9.17) is 0 Å². The molecule has 4 heterocycles. The molecule has 8 aromatic rings. The highest BCUT2D eigenvalue weighted by molar-refractivity contribution is 5.80. The maximum absolute atomic E-state index is 11.5. The fraction of sp³-hybridized carbons (Fsp3) is 0.143. The first-order valence-corrected chi connectivity index (χ1v) is 12.1. The van der Waals surface area contributed by atoms with Crippen molar-refractivity contribution in [2.45, 2.75) is 26.7 Å². The van der Waals surface area contributed by atoms with Crippen LogP contribution < -0.4 is 0 Å². The fourth-order valence-electron chi connectivity index (χ4n) is 5.70. The van der Waals surface area contributed by atoms with E-state index in [1.165, 1.54) is 0 Å². The van der Waals surface area contributed by atoms with Crippen LogP contribution in [0, 0.1) is 13.8 Å². The van der Waals surface area contributed by atoms with Crippen LogP contribution in [0.1, 0.15) is 35.1 Å². The highest BCUT2D eigenvalue weighted by Gasteiger charge is 2.30. The van der Waals surface area contributed by atoms with Gasteiger partial charge in [0.15, 0.2) is 0 Å². The molecular formula is C28H24N6O2. The third kappa shape index (κ3) is 2.28. The summed E-state index contributed by atoms with van der Waals surface area (Å²) < 4.78 is 8.16. The number of hydrogen-bond acceptors (Lipinski definition) is 2. The van der Waals surface area contributed by atoms with Crippen molar-refractivity contribution in [3.8, 4) is 22.9 Å². The highest BCUT2D eigenvalue weighted by atomic mass is 16.3. The number of rotatable bonds is 4. The van der Waals surface area contributed by atoms with Gasteiger partial charge in [-0.2, -0.15) is 0 Å². The third-order valence-corrected chi connectivity index (χ3v) is 7.53. The Morgan fingerprint density at radius 3 is 1.22 bits per heavy atom. The van der Waals surface area contributed by atoms with Crippen LogP contribution in [0.2, 0.25) is 0 Å². The molecule has 0 saturated heterocycles. The molecule has 2 N–H and O–H groups in total. The van der Waals surface area contributed by atoms with Crippen molar-refractivity contribution < 1.29 is 10.2 Å². The summed E-state index contributed by atoms with van der Waals surface area (Å²) in [5, 5.41) is 22.9. The molecule has 0 saturated carbocycles. The van der Waals surface area contributed by atoms with Gasteiger partial charge in [-0.1, -0.05) is 43.3 Å². The lowest BCUT2D eigenvalue weighted by Crippen LogP contribution is -2.03. The van der Waals surface area contributed by atoms with E-state index in [1.807, 2.05) is 97.4 Å². The van der Waals surface area contributed by atoms with Crippen LogP contribution in [0.15, 0.2) is 72.8 Å². The summed E-state index contributed by atoms with van der Waals surface area (Å²) in [7, 11) is 0. The predicted molar refractivity (Wildman–Crippen MR) is 138 cm³/mol. The van der Waals surface area contributed by atoms with Crippen molar-refractivity contribution in [3.63, 3.8) is 0 Å². The Hall–Kier alpha value is -4.72. The SMILES string of the molecule is Cc1cc(C(C)c2cc(C)cc(-n3n4c5ccccc5n34)c2O)c(O)c(-n2n3c4ccccc4n23)c1. The maximum atomic E-state index is 11.5. The Balaban J connectivity index is 1.26. The number of hydrogen-bond donors (Lipinski definition) is 2. The standard InChI is InChI=1S/C28H24N6O2/c1-16-12-19(27(35)25(14-16)33-29-21-8-4-5-9-22(21)30(29)33)18(3)20-13-17(2)15-26(28(20)36)34-31-23-10-6-7-11-24(23)32(31)34/h4-15,18,35-36H,1-3H3. The number of aryl methyl sites for hydroxylation is 2. The van der Waals surface area contributed by atoms with Crippen LogP contribution in [-0.2, 0) is 0 Å². The zero-order chi connectivity index (χ0) is 24.5. The van der Waals surface area contributed by atoms with Crippen LogP contribution in [-0.4, -0.2) is 38.3 Å². The van der Waals surface area contributed by atoms with E-state index in [2.05, 4.69) is 24.3 Å². The Kier molecular flexibility index (Phi) is 3.42. The van der Waals surface area contributed by atoms with Gasteiger partial charge >= 0.3 is 0 Å². The lowest BCUT2D eigenvalue weighted by atomic mass is 9.89. The number of phenolic OH excluding ortho intramolecular Hbond substituents is 2. The van der Waals surface area contributed by atoms with Gasteiger partial charge < -0.3 is 10.2 Å². The summed E-state index contributed by atoms with van der Waals surface area (Å²) in [6, 6.07) is 24.4. The van der Waals surface area contributed by atoms with Gasteiger partial charge in [0.05, 0.1) is 0 Å². The summed E-state index contributed by atoms with van der Waals surface area (Å²) in [5.74, 6) is 0.224. The maximum Gasteiger partial charge on any atom is 0.146 e. The van der Waals surface area contributed by atoms with Gasteiger partial charge in [0.25, 0.3) is 0 Å². The number of benzene rings is 4. The van der Waals surface area contributed by atoms with E-state index in [0.29, 0.717) is 0 Å². The fourth-order valence-corrected chi connectivity index (χ4v) is 5.70. The summed E-state index contributed by atoms with van der Waals surface area (Å²) in [6.45, 7) is 6.11. The van der Waals surface area contributed by atoms with Crippen LogP contribution in [0.3, 0.4) is 0 Å². The Morgan fingerprint density at radius 1 is 0.556 bits per heavy atom. The molecule has 0 fully saturated rings. The van der Waals surface area contributed by atoms with Crippen molar-refractivity contribution in [3.05, 3.63) is 95.1 Å². The normalized spacial score (nSPS) is 12.8. The number of aromatic hydroxyl groups is 2. The first kappa shape index (κ1) is 19.6. The number of nitrogens with zero attached hydrogens (tertiary/aromatic N) is 6. The van der Waals surface area contributed by atoms with Gasteiger partial charge in [-0.3, -0.25) is 0 Å². The third-order valence-electron chi connectivity index (χ3n) is 7.53. The van der Waals surface area contributed by atoms with Crippen LogP contribution in [0.5, 0.6) is 11.5 Å². The van der Waals surface area contributed by atoms with Gasteiger partial charge in [0.2, 0.25) is 0 Å². The average molecular weight is 477 g/mol. The van der Waals surface area contributed by atoms with Crippen molar-refractivity contribution in [2.75, 3.05) is 0 Å². The zero-order valence-corrected chi connectivity index (χ0v) is 20.1. The monoisotopic (exact) mass is 476 g/mol. The molecule has 36 heavy (non-hydrogen) atoms. The molecule has 0 aliphatic rings. The summed E-state index contributed by atoms with van der Waals surface area (Å²) in [5.41, 5.74) is 9.61. The van der Waals surface area contributed by atoms with E-state index in [0.717, 1.165) is 55.7 Å².